The first-order valence-corrected chi connectivity index (χ1v) is 16.3. The average Bonchev–Trinajstić information content (AvgIpc) is 3.41. The van der Waals surface area contributed by atoms with E-state index in [-0.39, 0.29) is 48.9 Å². The number of hydrogen-bond donors (Lipinski definition) is 1. The fraction of sp³-hybridized carbons (Fsp3) is 0.368. The van der Waals surface area contributed by atoms with Crippen LogP contribution in [0.3, 0.4) is 0 Å². The first-order chi connectivity index (χ1) is 21.1. The molecule has 0 atom stereocenters. The molecule has 1 N–H and O–H groups in total. The molecule has 237 valence electrons. The molecular weight excluding hydrogens is 755 g/mol. The number of aromatic nitrogens is 2. The summed E-state index contributed by atoms with van der Waals surface area (Å²) >= 11 is 1.59. The molecule has 0 aliphatic carbocycles. The number of allylic oxidation sites excluding steroid dienone is 2. The summed E-state index contributed by atoms with van der Waals surface area (Å²) in [4.78, 5) is 24.6. The molecule has 0 saturated heterocycles. The first-order valence-electron chi connectivity index (χ1n) is 15.5. The van der Waals surface area contributed by atoms with Crippen molar-refractivity contribution in [2.24, 2.45) is 11.8 Å². The largest absolute Gasteiger partial charge is 0.512 e. The van der Waals surface area contributed by atoms with Crippen molar-refractivity contribution in [2.45, 2.75) is 79.6 Å². The van der Waals surface area contributed by atoms with Gasteiger partial charge in [-0.15, -0.1) is 29.1 Å². The molecule has 3 aromatic carbocycles. The third-order valence-corrected chi connectivity index (χ3v) is 9.52. The van der Waals surface area contributed by atoms with Crippen molar-refractivity contribution in [1.82, 2.24) is 9.97 Å². The summed E-state index contributed by atoms with van der Waals surface area (Å²) < 4.78 is 1.97. The van der Waals surface area contributed by atoms with E-state index in [1.54, 1.807) is 17.7 Å². The Morgan fingerprint density at radius 1 is 0.956 bits per heavy atom. The second kappa shape index (κ2) is 15.7. The Bertz CT molecular complexity index is 1850. The number of thiophene rings is 1. The van der Waals surface area contributed by atoms with Crippen LogP contribution in [0, 0.1) is 24.5 Å². The maximum atomic E-state index is 11.7. The van der Waals surface area contributed by atoms with Gasteiger partial charge in [-0.3, -0.25) is 9.78 Å². The molecule has 7 heteroatoms. The Labute approximate surface area is 285 Å². The van der Waals surface area contributed by atoms with Gasteiger partial charge in [0.05, 0.1) is 17.8 Å². The number of aliphatic hydroxyl groups excluding tert-OH is 1. The quantitative estimate of drug-likeness (QED) is 0.0965. The van der Waals surface area contributed by atoms with E-state index >= 15 is 0 Å². The smallest absolute Gasteiger partial charge is 0.204 e. The van der Waals surface area contributed by atoms with Crippen molar-refractivity contribution >= 4 is 53.9 Å². The van der Waals surface area contributed by atoms with Crippen molar-refractivity contribution in [3.8, 4) is 11.3 Å². The number of rotatable bonds is 8. The van der Waals surface area contributed by atoms with Crippen LogP contribution in [0.2, 0.25) is 0 Å². The monoisotopic (exact) mass is 797 g/mol. The van der Waals surface area contributed by atoms with Gasteiger partial charge in [0.25, 0.3) is 0 Å². The molecule has 0 saturated carbocycles. The van der Waals surface area contributed by atoms with Gasteiger partial charge in [-0.25, -0.2) is 9.83 Å². The molecule has 2 aromatic heterocycles. The zero-order valence-electron chi connectivity index (χ0n) is 27.2. The molecule has 5 nitrogen and oxygen atoms in total. The van der Waals surface area contributed by atoms with Gasteiger partial charge in [0, 0.05) is 58.5 Å². The van der Waals surface area contributed by atoms with Crippen LogP contribution in [-0.4, -0.2) is 20.9 Å². The molecule has 0 fully saturated rings. The molecule has 2 heterocycles. The van der Waals surface area contributed by atoms with Crippen molar-refractivity contribution in [3.63, 3.8) is 0 Å². The summed E-state index contributed by atoms with van der Waals surface area (Å²) in [6.07, 6.45) is 6.53. The predicted octanol–water partition coefficient (Wildman–Crippen LogP) is 11.2. The maximum Gasteiger partial charge on any atom is 0.204 e. The van der Waals surface area contributed by atoms with Gasteiger partial charge in [0.2, 0.25) is 5.69 Å². The Kier molecular flexibility index (Phi) is 12.6. The molecule has 0 spiro atoms. The Morgan fingerprint density at radius 2 is 1.60 bits per heavy atom. The summed E-state index contributed by atoms with van der Waals surface area (Å²) in [7, 11) is 0. The van der Waals surface area contributed by atoms with Gasteiger partial charge in [-0.2, -0.15) is 11.3 Å². The fourth-order valence-electron chi connectivity index (χ4n) is 5.62. The van der Waals surface area contributed by atoms with Crippen LogP contribution in [0.4, 0.5) is 5.69 Å². The minimum absolute atomic E-state index is 0. The molecule has 0 aliphatic rings. The summed E-state index contributed by atoms with van der Waals surface area (Å²) in [6.45, 7) is 22.3. The van der Waals surface area contributed by atoms with E-state index in [9.17, 15) is 9.90 Å². The topological polar surface area (TPSA) is 67.4 Å². The molecule has 1 radical (unpaired) electrons. The molecule has 5 rings (SSSR count). The molecular formula is C38H42IrN3O2S-. The number of carbonyl (C=O) groups excluding carboxylic acids is 1. The number of nitrogens with zero attached hydrogens (tertiary/aromatic N) is 3. The summed E-state index contributed by atoms with van der Waals surface area (Å²) in [5.41, 5.74) is 4.68. The molecule has 5 aromatic rings. The summed E-state index contributed by atoms with van der Waals surface area (Å²) in [5, 5.41) is 13.1. The number of benzene rings is 3. The maximum absolute atomic E-state index is 11.7. The third-order valence-electron chi connectivity index (χ3n) is 8.30. The van der Waals surface area contributed by atoms with E-state index in [1.807, 2.05) is 52.0 Å². The van der Waals surface area contributed by atoms with Gasteiger partial charge >= 0.3 is 0 Å². The molecule has 0 bridgehead atoms. The van der Waals surface area contributed by atoms with Crippen LogP contribution in [-0.2, 0) is 30.3 Å². The Morgan fingerprint density at radius 3 is 2.22 bits per heavy atom. The zero-order chi connectivity index (χ0) is 32.0. The van der Waals surface area contributed by atoms with Gasteiger partial charge in [-0.1, -0.05) is 95.8 Å². The van der Waals surface area contributed by atoms with Gasteiger partial charge in [0.15, 0.2) is 5.78 Å². The van der Waals surface area contributed by atoms with E-state index in [2.05, 4.69) is 65.9 Å². The number of hydrogen-bond acceptors (Lipinski definition) is 5. The molecule has 0 unspecified atom stereocenters. The van der Waals surface area contributed by atoms with Crippen LogP contribution in [0.5, 0.6) is 0 Å². The molecule has 0 amide bonds. The number of fused-ring (bicyclic) bond motifs is 4. The average molecular weight is 797 g/mol. The van der Waals surface area contributed by atoms with Crippen LogP contribution >= 0.6 is 11.3 Å². The van der Waals surface area contributed by atoms with Crippen molar-refractivity contribution in [3.05, 3.63) is 89.7 Å². The number of aliphatic hydroxyl groups is 1. The van der Waals surface area contributed by atoms with Gasteiger partial charge in [0.1, 0.15) is 6.33 Å². The van der Waals surface area contributed by atoms with E-state index in [0.29, 0.717) is 5.69 Å². The minimum atomic E-state index is -0.00691. The van der Waals surface area contributed by atoms with Crippen LogP contribution in [0.25, 0.3) is 47.2 Å². The van der Waals surface area contributed by atoms with E-state index in [0.717, 1.165) is 62.6 Å². The van der Waals surface area contributed by atoms with Crippen molar-refractivity contribution in [1.29, 1.82) is 0 Å². The zero-order valence-corrected chi connectivity index (χ0v) is 30.4. The predicted molar refractivity (Wildman–Crippen MR) is 186 cm³/mol. The van der Waals surface area contributed by atoms with Gasteiger partial charge < -0.3 is 5.11 Å². The van der Waals surface area contributed by atoms with Crippen LogP contribution in [0.15, 0.2) is 66.7 Å². The van der Waals surface area contributed by atoms with Crippen LogP contribution < -0.4 is 0 Å². The molecule has 45 heavy (non-hydrogen) atoms. The van der Waals surface area contributed by atoms with Gasteiger partial charge in [-0.05, 0) is 31.1 Å². The SMILES string of the molecule is CCC(CC)C(=O)/C=C(\O)C(CC)CC.[C-]#[N+]c1cccc2c1sc1c(-c3[c-]c4ccccc4c(C(C)(C)C)c3)ncnc12.[Ir]. The Hall–Kier alpha value is -3.43. The van der Waals surface area contributed by atoms with Crippen molar-refractivity contribution in [2.75, 3.05) is 0 Å². The van der Waals surface area contributed by atoms with Crippen LogP contribution in [0.1, 0.15) is 79.7 Å². The summed E-state index contributed by atoms with van der Waals surface area (Å²) in [6, 6.07) is 20.0. The number of ketones is 1. The second-order valence-electron chi connectivity index (χ2n) is 12.2. The Balaban J connectivity index is 0.000000297. The van der Waals surface area contributed by atoms with Crippen molar-refractivity contribution < 1.29 is 30.0 Å². The van der Waals surface area contributed by atoms with E-state index in [4.69, 9.17) is 6.57 Å². The summed E-state index contributed by atoms with van der Waals surface area (Å²) in [5.74, 6) is 0.547. The van der Waals surface area contributed by atoms with E-state index in [1.165, 1.54) is 17.0 Å². The standard InChI is InChI=1S/C25H18N3S.C13H24O2.Ir/c1-25(2,3)19-13-16(12-15-8-5-6-9-17(15)19)21-24-22(28-14-27-21)18-10-7-11-20(26-4)23(18)29-24;1-5-10(6-2)12(14)9-13(15)11(7-3)8-4;/h5-11,13-14H,1-3H3;9-11,14H,5-8H2,1-4H3;/q-1;;/b;12-9-;. The molecule has 0 aliphatic heterocycles. The second-order valence-corrected chi connectivity index (χ2v) is 13.2. The third kappa shape index (κ3) is 7.87. The first kappa shape index (κ1) is 36.0. The fourth-order valence-corrected chi connectivity index (χ4v) is 6.84. The number of carbonyl (C=O) groups is 1. The minimum Gasteiger partial charge on any atom is -0.512 e. The normalized spacial score (nSPS) is 11.9. The van der Waals surface area contributed by atoms with E-state index < -0.39 is 0 Å².